The molecular formula is C21H20N8O. The average molecular weight is 400 g/mol. The van der Waals surface area contributed by atoms with Crippen molar-refractivity contribution in [2.45, 2.75) is 19.4 Å². The van der Waals surface area contributed by atoms with Gasteiger partial charge < -0.3 is 15.0 Å². The number of pyridine rings is 1. The zero-order valence-corrected chi connectivity index (χ0v) is 16.6. The minimum absolute atomic E-state index is 0.125. The number of ether oxygens (including phenoxy) is 1. The van der Waals surface area contributed by atoms with Crippen LogP contribution in [-0.2, 0) is 0 Å². The van der Waals surface area contributed by atoms with Gasteiger partial charge in [0.15, 0.2) is 17.1 Å². The average Bonchev–Trinajstić information content (AvgIpc) is 3.42. The Balaban J connectivity index is 1.67. The molecule has 1 aromatic carbocycles. The van der Waals surface area contributed by atoms with E-state index in [0.29, 0.717) is 22.9 Å². The minimum Gasteiger partial charge on any atom is -0.481 e. The highest BCUT2D eigenvalue weighted by molar-refractivity contribution is 5.82. The second kappa shape index (κ2) is 7.43. The van der Waals surface area contributed by atoms with E-state index in [1.165, 1.54) is 6.33 Å². The normalized spacial score (nSPS) is 12.3. The van der Waals surface area contributed by atoms with Crippen LogP contribution in [-0.4, -0.2) is 41.6 Å². The quantitative estimate of drug-likeness (QED) is 0.448. The molecule has 0 aliphatic carbocycles. The Bertz CT molecular complexity index is 1310. The van der Waals surface area contributed by atoms with Crippen LogP contribution >= 0.6 is 0 Å². The molecule has 1 unspecified atom stereocenters. The maximum atomic E-state index is 5.35. The van der Waals surface area contributed by atoms with E-state index in [9.17, 15) is 0 Å². The van der Waals surface area contributed by atoms with Crippen LogP contribution in [0.4, 0.5) is 5.82 Å². The summed E-state index contributed by atoms with van der Waals surface area (Å²) in [5.74, 6) is 2.04. The largest absolute Gasteiger partial charge is 0.481 e. The van der Waals surface area contributed by atoms with E-state index in [2.05, 4.69) is 41.7 Å². The predicted molar refractivity (Wildman–Crippen MR) is 114 cm³/mol. The molecule has 9 nitrogen and oxygen atoms in total. The van der Waals surface area contributed by atoms with Crippen LogP contribution in [0.15, 0.2) is 55.1 Å². The van der Waals surface area contributed by atoms with Crippen LogP contribution in [0, 0.1) is 0 Å². The van der Waals surface area contributed by atoms with Crippen molar-refractivity contribution in [2.24, 2.45) is 0 Å². The standard InChI is InChI=1S/C21H20N8O/c1-3-14(26-19-17-18(23-11-22-17)24-12-25-19)20-27-15-9-10-16(30-2)28-21(15)29(20)13-7-5-4-6-8-13/h4-12,14H,3H2,1-2H3,(H2,22,23,24,25,26). The van der Waals surface area contributed by atoms with Gasteiger partial charge >= 0.3 is 0 Å². The number of hydrogen-bond acceptors (Lipinski definition) is 7. The van der Waals surface area contributed by atoms with Crippen molar-refractivity contribution >= 4 is 28.1 Å². The van der Waals surface area contributed by atoms with E-state index in [0.717, 1.165) is 29.1 Å². The van der Waals surface area contributed by atoms with Crippen molar-refractivity contribution in [1.82, 2.24) is 34.5 Å². The first-order chi connectivity index (χ1) is 14.8. The van der Waals surface area contributed by atoms with Gasteiger partial charge in [-0.15, -0.1) is 0 Å². The molecule has 0 saturated heterocycles. The van der Waals surface area contributed by atoms with E-state index >= 15 is 0 Å². The number of aromatic nitrogens is 7. The van der Waals surface area contributed by atoms with Crippen molar-refractivity contribution in [3.8, 4) is 11.6 Å². The molecule has 0 fully saturated rings. The molecule has 0 bridgehead atoms. The number of rotatable bonds is 6. The van der Waals surface area contributed by atoms with E-state index in [1.54, 1.807) is 13.4 Å². The molecule has 1 atom stereocenters. The van der Waals surface area contributed by atoms with Crippen LogP contribution in [0.25, 0.3) is 28.0 Å². The number of hydrogen-bond donors (Lipinski definition) is 2. The summed E-state index contributed by atoms with van der Waals surface area (Å²) in [5.41, 5.74) is 3.89. The fourth-order valence-corrected chi connectivity index (χ4v) is 3.52. The number of H-pyrrole nitrogens is 1. The van der Waals surface area contributed by atoms with E-state index in [-0.39, 0.29) is 6.04 Å². The molecule has 2 N–H and O–H groups in total. The van der Waals surface area contributed by atoms with Gasteiger partial charge in [-0.05, 0) is 24.6 Å². The van der Waals surface area contributed by atoms with E-state index < -0.39 is 0 Å². The van der Waals surface area contributed by atoms with Crippen LogP contribution in [0.3, 0.4) is 0 Å². The summed E-state index contributed by atoms with van der Waals surface area (Å²) in [6.45, 7) is 2.10. The number of imidazole rings is 2. The Kier molecular flexibility index (Phi) is 4.47. The van der Waals surface area contributed by atoms with Gasteiger partial charge in [-0.25, -0.2) is 19.9 Å². The lowest BCUT2D eigenvalue weighted by Crippen LogP contribution is -2.16. The molecule has 9 heteroatoms. The number of nitrogens with one attached hydrogen (secondary N) is 2. The molecule has 4 aromatic heterocycles. The fraction of sp³-hybridized carbons (Fsp3) is 0.190. The molecule has 5 rings (SSSR count). The predicted octanol–water partition coefficient (Wildman–Crippen LogP) is 3.66. The second-order valence-corrected chi connectivity index (χ2v) is 6.76. The molecule has 5 aromatic rings. The van der Waals surface area contributed by atoms with Gasteiger partial charge in [-0.1, -0.05) is 25.1 Å². The first-order valence-electron chi connectivity index (χ1n) is 9.68. The summed E-state index contributed by atoms with van der Waals surface area (Å²) in [6.07, 6.45) is 3.91. The SMILES string of the molecule is CCC(Nc1ncnc2[nH]cnc12)c1nc2ccc(OC)nc2n1-c1ccccc1. The summed E-state index contributed by atoms with van der Waals surface area (Å²) in [5, 5.41) is 3.50. The smallest absolute Gasteiger partial charge is 0.215 e. The lowest BCUT2D eigenvalue weighted by molar-refractivity contribution is 0.399. The van der Waals surface area contributed by atoms with Crippen LogP contribution in [0.5, 0.6) is 5.88 Å². The van der Waals surface area contributed by atoms with Crippen molar-refractivity contribution in [3.05, 3.63) is 60.9 Å². The molecule has 0 aliphatic heterocycles. The molecule has 30 heavy (non-hydrogen) atoms. The van der Waals surface area contributed by atoms with E-state index in [1.807, 2.05) is 42.5 Å². The molecule has 0 saturated carbocycles. The third kappa shape index (κ3) is 3.00. The summed E-state index contributed by atoms with van der Waals surface area (Å²) < 4.78 is 7.41. The molecule has 4 heterocycles. The first kappa shape index (κ1) is 18.0. The van der Waals surface area contributed by atoms with E-state index in [4.69, 9.17) is 9.72 Å². The first-order valence-corrected chi connectivity index (χ1v) is 9.68. The number of fused-ring (bicyclic) bond motifs is 2. The third-order valence-corrected chi connectivity index (χ3v) is 4.98. The number of para-hydroxylation sites is 1. The Hall–Kier alpha value is -4.01. The van der Waals surface area contributed by atoms with Gasteiger partial charge in [-0.2, -0.15) is 4.98 Å². The number of anilines is 1. The Labute approximate surface area is 172 Å². The van der Waals surface area contributed by atoms with Gasteiger partial charge in [-0.3, -0.25) is 4.57 Å². The summed E-state index contributed by atoms with van der Waals surface area (Å²) >= 11 is 0. The summed E-state index contributed by atoms with van der Waals surface area (Å²) in [7, 11) is 1.61. The van der Waals surface area contributed by atoms with Gasteiger partial charge in [0.2, 0.25) is 5.88 Å². The Morgan fingerprint density at radius 2 is 1.93 bits per heavy atom. The Morgan fingerprint density at radius 1 is 1.07 bits per heavy atom. The monoisotopic (exact) mass is 400 g/mol. The molecule has 0 spiro atoms. The third-order valence-electron chi connectivity index (χ3n) is 4.98. The zero-order valence-electron chi connectivity index (χ0n) is 16.6. The van der Waals surface area contributed by atoms with Gasteiger partial charge in [0.1, 0.15) is 23.2 Å². The molecule has 0 radical (unpaired) electrons. The Morgan fingerprint density at radius 3 is 2.73 bits per heavy atom. The lowest BCUT2D eigenvalue weighted by atomic mass is 10.2. The molecule has 150 valence electrons. The van der Waals surface area contributed by atoms with Crippen molar-refractivity contribution < 1.29 is 4.74 Å². The van der Waals surface area contributed by atoms with Gasteiger partial charge in [0, 0.05) is 11.8 Å². The number of nitrogens with zero attached hydrogens (tertiary/aromatic N) is 6. The molecular weight excluding hydrogens is 380 g/mol. The second-order valence-electron chi connectivity index (χ2n) is 6.76. The highest BCUT2D eigenvalue weighted by atomic mass is 16.5. The highest BCUT2D eigenvalue weighted by Crippen LogP contribution is 2.30. The topological polar surface area (TPSA) is 106 Å². The highest BCUT2D eigenvalue weighted by Gasteiger charge is 2.23. The van der Waals surface area contributed by atoms with Gasteiger partial charge in [0.05, 0.1) is 19.5 Å². The van der Waals surface area contributed by atoms with Crippen molar-refractivity contribution in [2.75, 3.05) is 12.4 Å². The van der Waals surface area contributed by atoms with Crippen molar-refractivity contribution in [1.29, 1.82) is 0 Å². The van der Waals surface area contributed by atoms with Crippen LogP contribution < -0.4 is 10.1 Å². The molecule has 0 amide bonds. The summed E-state index contributed by atoms with van der Waals surface area (Å²) in [4.78, 5) is 25.5. The maximum Gasteiger partial charge on any atom is 0.215 e. The minimum atomic E-state index is -0.125. The fourth-order valence-electron chi connectivity index (χ4n) is 3.52. The maximum absolute atomic E-state index is 5.35. The zero-order chi connectivity index (χ0) is 20.5. The number of aromatic amines is 1. The number of methoxy groups -OCH3 is 1. The number of benzene rings is 1. The van der Waals surface area contributed by atoms with Crippen molar-refractivity contribution in [3.63, 3.8) is 0 Å². The van der Waals surface area contributed by atoms with Crippen LogP contribution in [0.1, 0.15) is 25.2 Å². The lowest BCUT2D eigenvalue weighted by Gasteiger charge is -2.19. The van der Waals surface area contributed by atoms with Gasteiger partial charge in [0.25, 0.3) is 0 Å². The summed E-state index contributed by atoms with van der Waals surface area (Å²) in [6, 6.07) is 13.7. The molecule has 0 aliphatic rings. The van der Waals surface area contributed by atoms with Crippen LogP contribution in [0.2, 0.25) is 0 Å².